The van der Waals surface area contributed by atoms with Gasteiger partial charge in [-0.15, -0.1) is 0 Å². The molecule has 15 aromatic rings. The fourth-order valence-electron chi connectivity index (χ4n) is 11.0. The van der Waals surface area contributed by atoms with Crippen LogP contribution >= 0.6 is 0 Å². The first-order chi connectivity index (χ1) is 36.2. The van der Waals surface area contributed by atoms with E-state index in [-0.39, 0.29) is 0 Å². The topological polar surface area (TPSA) is 87.5 Å². The van der Waals surface area contributed by atoms with Crippen molar-refractivity contribution in [3.8, 4) is 68.1 Å². The molecule has 73 heavy (non-hydrogen) atoms. The summed E-state index contributed by atoms with van der Waals surface area (Å²) >= 11 is 0. The molecule has 0 aliphatic rings. The van der Waals surface area contributed by atoms with Crippen molar-refractivity contribution in [3.05, 3.63) is 237 Å². The predicted molar refractivity (Wildman–Crippen MR) is 296 cm³/mol. The third-order valence-electron chi connectivity index (χ3n) is 14.1. The Balaban J connectivity index is 1.12. The number of aromatic nitrogens is 7. The van der Waals surface area contributed by atoms with Crippen molar-refractivity contribution in [3.63, 3.8) is 0 Å². The Morgan fingerprint density at radius 3 is 1.44 bits per heavy atom. The fraction of sp³-hybridized carbons (Fsp3) is 0. The molecule has 0 amide bonds. The molecular weight excluding hydrogens is 895 g/mol. The van der Waals surface area contributed by atoms with Crippen molar-refractivity contribution in [2.24, 2.45) is 0 Å². The maximum atomic E-state index is 7.05. The van der Waals surface area contributed by atoms with E-state index in [0.717, 1.165) is 127 Å². The summed E-state index contributed by atoms with van der Waals surface area (Å²) in [5.41, 5.74) is 15.3. The highest BCUT2D eigenvalue weighted by Gasteiger charge is 2.29. The highest BCUT2D eigenvalue weighted by atomic mass is 16.3. The molecule has 0 bridgehead atoms. The third kappa shape index (κ3) is 6.37. The number of hydrogen-bond acceptors (Lipinski definition) is 6. The van der Waals surface area contributed by atoms with Crippen LogP contribution in [0.2, 0.25) is 0 Å². The molecule has 8 nitrogen and oxygen atoms in total. The minimum Gasteiger partial charge on any atom is -0.455 e. The first kappa shape index (κ1) is 40.8. The Morgan fingerprint density at radius 1 is 0.315 bits per heavy atom. The summed E-state index contributed by atoms with van der Waals surface area (Å²) in [6, 6.07) is 81.7. The van der Waals surface area contributed by atoms with Crippen LogP contribution in [0.4, 0.5) is 0 Å². The van der Waals surface area contributed by atoms with Crippen LogP contribution in [0.3, 0.4) is 0 Å². The number of nitrogens with zero attached hydrogens (tertiary/aromatic N) is 7. The van der Waals surface area contributed by atoms with E-state index in [0.29, 0.717) is 17.5 Å². The molecule has 5 heterocycles. The lowest BCUT2D eigenvalue weighted by Gasteiger charge is -2.18. The second kappa shape index (κ2) is 16.3. The van der Waals surface area contributed by atoms with Gasteiger partial charge in [-0.3, -0.25) is 0 Å². The minimum absolute atomic E-state index is 0.506. The van der Waals surface area contributed by atoms with E-state index >= 15 is 0 Å². The average molecular weight is 934 g/mol. The number of rotatable bonds is 7. The number of fused-ring (bicyclic) bond motifs is 13. The normalized spacial score (nSPS) is 11.8. The zero-order valence-corrected chi connectivity index (χ0v) is 39.1. The van der Waals surface area contributed by atoms with Gasteiger partial charge in [-0.2, -0.15) is 0 Å². The molecule has 0 unspecified atom stereocenters. The van der Waals surface area contributed by atoms with Gasteiger partial charge in [0.05, 0.1) is 49.9 Å². The first-order valence-electron chi connectivity index (χ1n) is 24.4. The molecule has 15 rings (SSSR count). The summed E-state index contributed by atoms with van der Waals surface area (Å²) < 4.78 is 11.9. The van der Waals surface area contributed by atoms with Crippen LogP contribution < -0.4 is 0 Å². The molecular formula is C65H39N7O. The van der Waals surface area contributed by atoms with Gasteiger partial charge in [0.1, 0.15) is 11.2 Å². The molecule has 0 spiro atoms. The van der Waals surface area contributed by atoms with Gasteiger partial charge in [0, 0.05) is 66.1 Å². The van der Waals surface area contributed by atoms with E-state index in [9.17, 15) is 0 Å². The predicted octanol–water partition coefficient (Wildman–Crippen LogP) is 16.2. The van der Waals surface area contributed by atoms with Crippen molar-refractivity contribution < 1.29 is 4.42 Å². The largest absolute Gasteiger partial charge is 0.455 e. The molecule has 0 aliphatic carbocycles. The molecule has 5 aromatic heterocycles. The second-order valence-electron chi connectivity index (χ2n) is 18.3. The van der Waals surface area contributed by atoms with Crippen LogP contribution in [0.25, 0.3) is 145 Å². The van der Waals surface area contributed by atoms with Crippen molar-refractivity contribution in [2.75, 3.05) is 0 Å². The monoisotopic (exact) mass is 933 g/mol. The molecule has 0 radical (unpaired) electrons. The van der Waals surface area contributed by atoms with E-state index < -0.39 is 0 Å². The standard InChI is InChI=1S/C65H39N7O/c1-5-21-40(22-6-1)58-59(67-51-33-17-16-32-50(51)66-58)45-38-37-44(39-49(45)65-69-63(41-23-7-2-8-24-41)68-64(70-65)42-25-9-3-10-26-42)72-52-34-18-13-29-46(52)55-56-48-31-15-20-36-54(48)73-62(56)57-47-30-14-19-35-53(47)71(61(57)60(55)72)43-27-11-4-12-28-43/h1-39H. The van der Waals surface area contributed by atoms with Gasteiger partial charge in [0.25, 0.3) is 0 Å². The van der Waals surface area contributed by atoms with Gasteiger partial charge >= 0.3 is 0 Å². The average Bonchev–Trinajstić information content (AvgIpc) is 4.14. The van der Waals surface area contributed by atoms with E-state index in [4.69, 9.17) is 29.3 Å². The maximum absolute atomic E-state index is 7.05. The molecule has 10 aromatic carbocycles. The molecule has 0 fully saturated rings. The number of furan rings is 1. The minimum atomic E-state index is 0.506. The Kier molecular flexibility index (Phi) is 9.09. The molecule has 0 N–H and O–H groups in total. The number of hydrogen-bond donors (Lipinski definition) is 0. The molecule has 0 saturated carbocycles. The lowest BCUT2D eigenvalue weighted by molar-refractivity contribution is 0.673. The fourth-order valence-corrected chi connectivity index (χ4v) is 11.0. The Labute approximate surface area is 417 Å². The zero-order valence-electron chi connectivity index (χ0n) is 39.1. The molecule has 0 aliphatic heterocycles. The number of benzene rings is 10. The van der Waals surface area contributed by atoms with Crippen LogP contribution in [-0.4, -0.2) is 34.1 Å². The van der Waals surface area contributed by atoms with Gasteiger partial charge in [-0.05, 0) is 60.7 Å². The molecule has 0 atom stereocenters. The third-order valence-corrected chi connectivity index (χ3v) is 14.1. The van der Waals surface area contributed by atoms with Crippen molar-refractivity contribution in [2.45, 2.75) is 0 Å². The highest BCUT2D eigenvalue weighted by molar-refractivity contribution is 6.39. The summed E-state index contributed by atoms with van der Waals surface area (Å²) in [7, 11) is 0. The number of para-hydroxylation sites is 6. The van der Waals surface area contributed by atoms with E-state index in [1.54, 1.807) is 0 Å². The van der Waals surface area contributed by atoms with E-state index in [1.807, 2.05) is 103 Å². The zero-order chi connectivity index (χ0) is 48.0. The Hall–Kier alpha value is -10.1. The quantitative estimate of drug-likeness (QED) is 0.158. The lowest BCUT2D eigenvalue weighted by Crippen LogP contribution is -2.04. The SMILES string of the molecule is c1ccc(-c2nc(-c3ccccc3)nc(-c3cc(-n4c5ccccc5c5c6c7ccccc7oc6c6c7ccccc7n(-c7ccccc7)c6c54)ccc3-c3nc4ccccc4nc3-c3ccccc3)n2)cc1. The Morgan fingerprint density at radius 2 is 0.795 bits per heavy atom. The van der Waals surface area contributed by atoms with Gasteiger partial charge in [0.15, 0.2) is 17.5 Å². The van der Waals surface area contributed by atoms with Crippen LogP contribution in [0.15, 0.2) is 241 Å². The van der Waals surface area contributed by atoms with E-state index in [2.05, 4.69) is 143 Å². The van der Waals surface area contributed by atoms with Gasteiger partial charge < -0.3 is 13.6 Å². The first-order valence-corrected chi connectivity index (χ1v) is 24.4. The summed E-state index contributed by atoms with van der Waals surface area (Å²) in [5.74, 6) is 1.63. The van der Waals surface area contributed by atoms with Gasteiger partial charge in [0.2, 0.25) is 0 Å². The van der Waals surface area contributed by atoms with Crippen LogP contribution in [-0.2, 0) is 0 Å². The Bertz CT molecular complexity index is 4600. The summed E-state index contributed by atoms with van der Waals surface area (Å²) in [4.78, 5) is 26.8. The highest BCUT2D eigenvalue weighted by Crippen LogP contribution is 2.50. The lowest BCUT2D eigenvalue weighted by atomic mass is 9.97. The smallest absolute Gasteiger partial charge is 0.164 e. The molecule has 340 valence electrons. The van der Waals surface area contributed by atoms with Crippen LogP contribution in [0.5, 0.6) is 0 Å². The summed E-state index contributed by atoms with van der Waals surface area (Å²) in [6.07, 6.45) is 0. The van der Waals surface area contributed by atoms with Crippen molar-refractivity contribution >= 4 is 76.6 Å². The summed E-state index contributed by atoms with van der Waals surface area (Å²) in [6.45, 7) is 0. The van der Waals surface area contributed by atoms with Crippen molar-refractivity contribution in [1.82, 2.24) is 34.1 Å². The van der Waals surface area contributed by atoms with Gasteiger partial charge in [-0.1, -0.05) is 176 Å². The van der Waals surface area contributed by atoms with Crippen LogP contribution in [0.1, 0.15) is 0 Å². The van der Waals surface area contributed by atoms with Crippen molar-refractivity contribution in [1.29, 1.82) is 0 Å². The van der Waals surface area contributed by atoms with Crippen LogP contribution in [0, 0.1) is 0 Å². The molecule has 8 heteroatoms. The second-order valence-corrected chi connectivity index (χ2v) is 18.3. The maximum Gasteiger partial charge on any atom is 0.164 e. The van der Waals surface area contributed by atoms with Gasteiger partial charge in [-0.25, -0.2) is 24.9 Å². The molecule has 0 saturated heterocycles. The summed E-state index contributed by atoms with van der Waals surface area (Å²) in [5, 5.41) is 6.52. The van der Waals surface area contributed by atoms with E-state index in [1.165, 1.54) is 0 Å².